The molecule has 0 radical (unpaired) electrons. The molecule has 1 aliphatic heterocycles. The minimum Gasteiger partial charge on any atom is -0.324 e. The van der Waals surface area contributed by atoms with Crippen LogP contribution in [0.5, 0.6) is 0 Å². The van der Waals surface area contributed by atoms with E-state index in [1.165, 1.54) is 12.1 Å². The first kappa shape index (κ1) is 14.9. The van der Waals surface area contributed by atoms with Crippen molar-refractivity contribution in [3.05, 3.63) is 29.6 Å². The maximum atomic E-state index is 13.1. The lowest BCUT2D eigenvalue weighted by Crippen LogP contribution is -2.43. The van der Waals surface area contributed by atoms with Crippen LogP contribution in [-0.2, 0) is 4.79 Å². The smallest absolute Gasteiger partial charge is 0.241 e. The molecule has 1 amide bonds. The molecule has 0 saturated carbocycles. The van der Waals surface area contributed by atoms with Crippen LogP contribution < -0.4 is 10.6 Å². The van der Waals surface area contributed by atoms with E-state index < -0.39 is 0 Å². The molecule has 5 heteroatoms. The number of aryl methyl sites for hydroxylation is 1. The van der Waals surface area contributed by atoms with Crippen molar-refractivity contribution in [2.24, 2.45) is 0 Å². The molecule has 18 heavy (non-hydrogen) atoms. The predicted molar refractivity (Wildman–Crippen MR) is 72.7 cm³/mol. The lowest BCUT2D eigenvalue weighted by atomic mass is 10.0. The van der Waals surface area contributed by atoms with Gasteiger partial charge in [0.1, 0.15) is 5.82 Å². The maximum absolute atomic E-state index is 13.1. The molecule has 1 aromatic rings. The molecule has 1 fully saturated rings. The van der Waals surface area contributed by atoms with Crippen LogP contribution in [0.15, 0.2) is 18.2 Å². The van der Waals surface area contributed by atoms with Crippen LogP contribution in [0, 0.1) is 12.7 Å². The summed E-state index contributed by atoms with van der Waals surface area (Å²) in [6, 6.07) is 4.27. The van der Waals surface area contributed by atoms with E-state index in [1.807, 2.05) is 6.92 Å². The number of carbonyl (C=O) groups is 1. The summed E-state index contributed by atoms with van der Waals surface area (Å²) < 4.78 is 13.1. The van der Waals surface area contributed by atoms with Gasteiger partial charge in [0.05, 0.1) is 6.04 Å². The van der Waals surface area contributed by atoms with Gasteiger partial charge in [0, 0.05) is 5.69 Å². The van der Waals surface area contributed by atoms with Gasteiger partial charge >= 0.3 is 0 Å². The molecule has 1 heterocycles. The minimum atomic E-state index is -0.331. The first-order valence-electron chi connectivity index (χ1n) is 5.97. The minimum absolute atomic E-state index is 0. The van der Waals surface area contributed by atoms with Crippen molar-refractivity contribution in [3.63, 3.8) is 0 Å². The quantitative estimate of drug-likeness (QED) is 0.869. The molecule has 1 aliphatic rings. The molecule has 0 aromatic heterocycles. The highest BCUT2D eigenvalue weighted by Crippen LogP contribution is 2.17. The van der Waals surface area contributed by atoms with Gasteiger partial charge in [0.25, 0.3) is 0 Å². The number of hydrogen-bond donors (Lipinski definition) is 2. The Morgan fingerprint density at radius 3 is 2.89 bits per heavy atom. The second-order valence-electron chi connectivity index (χ2n) is 4.45. The molecule has 1 atom stereocenters. The summed E-state index contributed by atoms with van der Waals surface area (Å²) in [5, 5.41) is 5.95. The van der Waals surface area contributed by atoms with Crippen molar-refractivity contribution < 1.29 is 9.18 Å². The zero-order chi connectivity index (χ0) is 12.3. The van der Waals surface area contributed by atoms with Gasteiger partial charge in [-0.1, -0.05) is 12.5 Å². The van der Waals surface area contributed by atoms with Gasteiger partial charge < -0.3 is 10.6 Å². The molecule has 3 nitrogen and oxygen atoms in total. The Morgan fingerprint density at radius 1 is 1.44 bits per heavy atom. The second kappa shape index (κ2) is 6.71. The Balaban J connectivity index is 0.00000162. The average Bonchev–Trinajstić information content (AvgIpc) is 2.35. The van der Waals surface area contributed by atoms with Crippen LogP contribution in [0.4, 0.5) is 10.1 Å². The Hall–Kier alpha value is -1.13. The number of rotatable bonds is 2. The summed E-state index contributed by atoms with van der Waals surface area (Å²) in [6.07, 6.45) is 3.02. The third-order valence-corrected chi connectivity index (χ3v) is 3.08. The molecule has 0 aliphatic carbocycles. The molecule has 2 N–H and O–H groups in total. The first-order valence-corrected chi connectivity index (χ1v) is 5.97. The van der Waals surface area contributed by atoms with Gasteiger partial charge in [0.2, 0.25) is 5.91 Å². The summed E-state index contributed by atoms with van der Waals surface area (Å²) >= 11 is 0. The number of benzene rings is 1. The number of amides is 1. The molecule has 0 unspecified atom stereocenters. The van der Waals surface area contributed by atoms with Crippen LogP contribution >= 0.6 is 12.4 Å². The Morgan fingerprint density at radius 2 is 2.22 bits per heavy atom. The normalized spacial score (nSPS) is 18.9. The van der Waals surface area contributed by atoms with Gasteiger partial charge in [0.15, 0.2) is 0 Å². The van der Waals surface area contributed by atoms with E-state index >= 15 is 0 Å². The van der Waals surface area contributed by atoms with Crippen molar-refractivity contribution in [2.45, 2.75) is 32.2 Å². The van der Waals surface area contributed by atoms with Crippen LogP contribution in [0.1, 0.15) is 24.8 Å². The van der Waals surface area contributed by atoms with Crippen LogP contribution in [0.25, 0.3) is 0 Å². The van der Waals surface area contributed by atoms with E-state index in [2.05, 4.69) is 10.6 Å². The molecule has 1 aromatic carbocycles. The largest absolute Gasteiger partial charge is 0.324 e. The van der Waals surface area contributed by atoms with Gasteiger partial charge in [-0.05, 0) is 44.0 Å². The summed E-state index contributed by atoms with van der Waals surface area (Å²) in [5.41, 5.74) is 1.43. The summed E-state index contributed by atoms with van der Waals surface area (Å²) in [6.45, 7) is 2.73. The molecular weight excluding hydrogens is 255 g/mol. The fraction of sp³-hybridized carbons (Fsp3) is 0.462. The number of piperidine rings is 1. The fourth-order valence-electron chi connectivity index (χ4n) is 2.02. The van der Waals surface area contributed by atoms with Crippen molar-refractivity contribution in [2.75, 3.05) is 11.9 Å². The van der Waals surface area contributed by atoms with Gasteiger partial charge in [-0.15, -0.1) is 12.4 Å². The lowest BCUT2D eigenvalue weighted by Gasteiger charge is -2.22. The average molecular weight is 273 g/mol. The molecule has 0 bridgehead atoms. The highest BCUT2D eigenvalue weighted by atomic mass is 35.5. The monoisotopic (exact) mass is 272 g/mol. The molecule has 1 saturated heterocycles. The Kier molecular flexibility index (Phi) is 5.56. The van der Waals surface area contributed by atoms with E-state index in [9.17, 15) is 9.18 Å². The maximum Gasteiger partial charge on any atom is 0.241 e. The summed E-state index contributed by atoms with van der Waals surface area (Å²) in [7, 11) is 0. The summed E-state index contributed by atoms with van der Waals surface area (Å²) in [4.78, 5) is 11.9. The van der Waals surface area contributed by atoms with E-state index in [0.29, 0.717) is 5.69 Å². The number of anilines is 1. The number of carbonyl (C=O) groups excluding carboxylic acids is 1. The van der Waals surface area contributed by atoms with Crippen LogP contribution in [-0.4, -0.2) is 18.5 Å². The van der Waals surface area contributed by atoms with Gasteiger partial charge in [-0.2, -0.15) is 0 Å². The number of nitrogens with one attached hydrogen (secondary N) is 2. The lowest BCUT2D eigenvalue weighted by molar-refractivity contribution is -0.118. The van der Waals surface area contributed by atoms with Crippen molar-refractivity contribution in [3.8, 4) is 0 Å². The number of hydrogen-bond acceptors (Lipinski definition) is 2. The molecule has 100 valence electrons. The van der Waals surface area contributed by atoms with Crippen LogP contribution in [0.3, 0.4) is 0 Å². The van der Waals surface area contributed by atoms with Crippen molar-refractivity contribution in [1.29, 1.82) is 0 Å². The third kappa shape index (κ3) is 3.68. The van der Waals surface area contributed by atoms with Gasteiger partial charge in [-0.3, -0.25) is 4.79 Å². The summed E-state index contributed by atoms with van der Waals surface area (Å²) in [5.74, 6) is -0.402. The van der Waals surface area contributed by atoms with E-state index in [1.54, 1.807) is 6.07 Å². The van der Waals surface area contributed by atoms with Crippen LogP contribution in [0.2, 0.25) is 0 Å². The van der Waals surface area contributed by atoms with Gasteiger partial charge in [-0.25, -0.2) is 4.39 Å². The standard InChI is InChI=1S/C13H17FN2O.ClH/c1-9-5-6-10(14)8-12(9)16-13(17)11-4-2-3-7-15-11;/h5-6,8,11,15H,2-4,7H2,1H3,(H,16,17);1H/t11-;/m0./s1. The van der Waals surface area contributed by atoms with E-state index in [0.717, 1.165) is 31.4 Å². The molecule has 0 spiro atoms. The first-order chi connectivity index (χ1) is 8.16. The number of halogens is 2. The zero-order valence-corrected chi connectivity index (χ0v) is 11.1. The van der Waals surface area contributed by atoms with E-state index in [-0.39, 0.29) is 30.2 Å². The fourth-order valence-corrected chi connectivity index (χ4v) is 2.02. The Labute approximate surface area is 113 Å². The van der Waals surface area contributed by atoms with Crippen molar-refractivity contribution in [1.82, 2.24) is 5.32 Å². The molecular formula is C13H18ClFN2O. The topological polar surface area (TPSA) is 41.1 Å². The SMILES string of the molecule is Cc1ccc(F)cc1NC(=O)[C@@H]1CCCCN1.Cl. The highest BCUT2D eigenvalue weighted by molar-refractivity contribution is 5.95. The predicted octanol–water partition coefficient (Wildman–Crippen LogP) is 2.64. The second-order valence-corrected chi connectivity index (χ2v) is 4.45. The van der Waals surface area contributed by atoms with Crippen molar-refractivity contribution >= 4 is 24.0 Å². The Bertz CT molecular complexity index is 419. The molecule has 2 rings (SSSR count). The highest BCUT2D eigenvalue weighted by Gasteiger charge is 2.20. The third-order valence-electron chi connectivity index (χ3n) is 3.08. The van der Waals surface area contributed by atoms with E-state index in [4.69, 9.17) is 0 Å². The zero-order valence-electron chi connectivity index (χ0n) is 10.3.